The second kappa shape index (κ2) is 11.4. The van der Waals surface area contributed by atoms with Crippen molar-refractivity contribution in [2.45, 2.75) is 45.1 Å². The van der Waals surface area contributed by atoms with Crippen LogP contribution in [0.15, 0.2) is 35.7 Å². The number of nitriles is 1. The van der Waals surface area contributed by atoms with Crippen LogP contribution >= 0.6 is 11.3 Å². The molecule has 7 nitrogen and oxygen atoms in total. The maximum atomic E-state index is 12.6. The van der Waals surface area contributed by atoms with E-state index >= 15 is 0 Å². The molecule has 0 bridgehead atoms. The Hall–Kier alpha value is -2.76. The molecule has 2 heterocycles. The molecule has 1 aromatic carbocycles. The lowest BCUT2D eigenvalue weighted by Gasteiger charge is -2.25. The monoisotopic (exact) mass is 425 g/mol. The Labute approximate surface area is 181 Å². The minimum Gasteiger partial charge on any atom is -0.311 e. The van der Waals surface area contributed by atoms with Crippen molar-refractivity contribution in [1.29, 1.82) is 5.26 Å². The van der Waals surface area contributed by atoms with E-state index in [1.165, 1.54) is 30.6 Å². The predicted molar refractivity (Wildman–Crippen MR) is 118 cm³/mol. The largest absolute Gasteiger partial charge is 0.311 e. The van der Waals surface area contributed by atoms with Gasteiger partial charge >= 0.3 is 0 Å². The van der Waals surface area contributed by atoms with Crippen LogP contribution in [-0.2, 0) is 16.1 Å². The Morgan fingerprint density at radius 1 is 1.17 bits per heavy atom. The number of carbonyl (C=O) groups excluding carboxylic acids is 2. The number of piperidine rings is 1. The highest BCUT2D eigenvalue weighted by Gasteiger charge is 2.18. The number of anilines is 2. The van der Waals surface area contributed by atoms with Gasteiger partial charge in [-0.3, -0.25) is 14.5 Å². The van der Waals surface area contributed by atoms with Crippen molar-refractivity contribution < 1.29 is 9.59 Å². The number of hydrogen-bond acceptors (Lipinski definition) is 6. The second-order valence-corrected chi connectivity index (χ2v) is 8.18. The molecule has 2 amide bonds. The minimum absolute atomic E-state index is 0.0791. The topological polar surface area (TPSA) is 89.3 Å². The van der Waals surface area contributed by atoms with E-state index < -0.39 is 0 Å². The summed E-state index contributed by atoms with van der Waals surface area (Å²) in [5, 5.41) is 14.2. The van der Waals surface area contributed by atoms with E-state index in [-0.39, 0.29) is 31.1 Å². The van der Waals surface area contributed by atoms with Crippen LogP contribution in [0.4, 0.5) is 10.8 Å². The fraction of sp³-hybridized carbons (Fsp3) is 0.455. The van der Waals surface area contributed by atoms with E-state index in [2.05, 4.69) is 21.3 Å². The Kier molecular flexibility index (Phi) is 8.36. The average molecular weight is 426 g/mol. The van der Waals surface area contributed by atoms with Gasteiger partial charge < -0.3 is 10.2 Å². The standard InChI is InChI=1S/C22H27N5O2S/c23-12-7-15-27(19-8-3-1-4-9-19)21(29)11-10-20(28)25-22-24-18(17-30-22)16-26-13-5-2-6-14-26/h1,3-4,8-9,17H,2,5-7,10-11,13-16H2,(H,24,25,28). The van der Waals surface area contributed by atoms with Gasteiger partial charge in [0, 0.05) is 37.0 Å². The molecule has 30 heavy (non-hydrogen) atoms. The molecule has 1 fully saturated rings. The highest BCUT2D eigenvalue weighted by Crippen LogP contribution is 2.20. The number of nitrogens with one attached hydrogen (secondary N) is 1. The maximum Gasteiger partial charge on any atom is 0.227 e. The van der Waals surface area contributed by atoms with Gasteiger partial charge in [0.2, 0.25) is 11.8 Å². The van der Waals surface area contributed by atoms with Gasteiger partial charge in [-0.25, -0.2) is 4.98 Å². The average Bonchev–Trinajstić information content (AvgIpc) is 3.20. The van der Waals surface area contributed by atoms with Crippen LogP contribution in [0.25, 0.3) is 0 Å². The molecule has 158 valence electrons. The fourth-order valence-electron chi connectivity index (χ4n) is 3.49. The van der Waals surface area contributed by atoms with Gasteiger partial charge in [0.15, 0.2) is 5.13 Å². The smallest absolute Gasteiger partial charge is 0.227 e. The highest BCUT2D eigenvalue weighted by molar-refractivity contribution is 7.13. The quantitative estimate of drug-likeness (QED) is 0.660. The first-order valence-corrected chi connectivity index (χ1v) is 11.2. The molecule has 0 radical (unpaired) electrons. The number of carbonyl (C=O) groups is 2. The van der Waals surface area contributed by atoms with Gasteiger partial charge in [-0.2, -0.15) is 5.26 Å². The first-order valence-electron chi connectivity index (χ1n) is 10.3. The molecule has 1 aromatic heterocycles. The lowest BCUT2D eigenvalue weighted by atomic mass is 10.1. The van der Waals surface area contributed by atoms with E-state index in [9.17, 15) is 9.59 Å². The minimum atomic E-state index is -0.226. The lowest BCUT2D eigenvalue weighted by Crippen LogP contribution is -2.32. The van der Waals surface area contributed by atoms with E-state index in [1.807, 2.05) is 35.7 Å². The Bertz CT molecular complexity index is 871. The van der Waals surface area contributed by atoms with Crippen molar-refractivity contribution in [2.75, 3.05) is 29.9 Å². The molecule has 1 aliphatic rings. The third-order valence-electron chi connectivity index (χ3n) is 5.01. The van der Waals surface area contributed by atoms with Gasteiger partial charge in [-0.05, 0) is 38.1 Å². The summed E-state index contributed by atoms with van der Waals surface area (Å²) in [6.07, 6.45) is 4.16. The summed E-state index contributed by atoms with van der Waals surface area (Å²) in [5.74, 6) is -0.396. The van der Waals surface area contributed by atoms with Gasteiger partial charge in [0.05, 0.1) is 18.2 Å². The molecule has 3 rings (SSSR count). The molecule has 0 atom stereocenters. The molecular weight excluding hydrogens is 398 g/mol. The van der Waals surface area contributed by atoms with Gasteiger partial charge in [-0.1, -0.05) is 24.6 Å². The van der Waals surface area contributed by atoms with Crippen molar-refractivity contribution in [3.05, 3.63) is 41.4 Å². The zero-order chi connectivity index (χ0) is 21.2. The molecule has 0 unspecified atom stereocenters. The molecule has 2 aromatic rings. The Morgan fingerprint density at radius 2 is 1.93 bits per heavy atom. The molecule has 8 heteroatoms. The number of aromatic nitrogens is 1. The summed E-state index contributed by atoms with van der Waals surface area (Å²) in [6.45, 7) is 3.33. The number of thiazole rings is 1. The van der Waals surface area contributed by atoms with Gasteiger partial charge in [-0.15, -0.1) is 11.3 Å². The number of nitrogens with zero attached hydrogens (tertiary/aromatic N) is 4. The summed E-state index contributed by atoms with van der Waals surface area (Å²) in [4.78, 5) is 33.4. The summed E-state index contributed by atoms with van der Waals surface area (Å²) in [6, 6.07) is 11.3. The van der Waals surface area contributed by atoms with Gasteiger partial charge in [0.1, 0.15) is 0 Å². The third kappa shape index (κ3) is 6.65. The lowest BCUT2D eigenvalue weighted by molar-refractivity contribution is -0.122. The number of para-hydroxylation sites is 1. The summed E-state index contributed by atoms with van der Waals surface area (Å²) in [5.41, 5.74) is 1.71. The van der Waals surface area contributed by atoms with E-state index in [1.54, 1.807) is 4.90 Å². The third-order valence-corrected chi connectivity index (χ3v) is 5.82. The van der Waals surface area contributed by atoms with E-state index in [0.29, 0.717) is 11.7 Å². The first kappa shape index (κ1) is 21.9. The molecule has 1 aliphatic heterocycles. The van der Waals surface area contributed by atoms with E-state index in [4.69, 9.17) is 5.26 Å². The maximum absolute atomic E-state index is 12.6. The zero-order valence-corrected chi connectivity index (χ0v) is 17.9. The van der Waals surface area contributed by atoms with Crippen LogP contribution in [0, 0.1) is 11.3 Å². The summed E-state index contributed by atoms with van der Waals surface area (Å²) in [7, 11) is 0. The second-order valence-electron chi connectivity index (χ2n) is 7.32. The normalized spacial score (nSPS) is 14.1. The van der Waals surface area contributed by atoms with Crippen molar-refractivity contribution in [1.82, 2.24) is 9.88 Å². The molecule has 1 N–H and O–H groups in total. The highest BCUT2D eigenvalue weighted by atomic mass is 32.1. The SMILES string of the molecule is N#CCCN(C(=O)CCC(=O)Nc1nc(CN2CCCCC2)cs1)c1ccccc1. The van der Waals surface area contributed by atoms with Crippen LogP contribution in [0.1, 0.15) is 44.2 Å². The predicted octanol–water partition coefficient (Wildman–Crippen LogP) is 3.79. The van der Waals surface area contributed by atoms with Gasteiger partial charge in [0.25, 0.3) is 0 Å². The Morgan fingerprint density at radius 3 is 2.67 bits per heavy atom. The number of likely N-dealkylation sites (tertiary alicyclic amines) is 1. The van der Waals surface area contributed by atoms with Crippen LogP contribution in [0.3, 0.4) is 0 Å². The van der Waals surface area contributed by atoms with E-state index in [0.717, 1.165) is 31.0 Å². The van der Waals surface area contributed by atoms with Crippen LogP contribution in [0.2, 0.25) is 0 Å². The van der Waals surface area contributed by atoms with Crippen LogP contribution in [0.5, 0.6) is 0 Å². The van der Waals surface area contributed by atoms with Crippen molar-refractivity contribution in [3.63, 3.8) is 0 Å². The number of benzene rings is 1. The van der Waals surface area contributed by atoms with Crippen molar-refractivity contribution in [2.24, 2.45) is 0 Å². The molecule has 1 saturated heterocycles. The number of amides is 2. The van der Waals surface area contributed by atoms with Crippen molar-refractivity contribution in [3.8, 4) is 6.07 Å². The Balaban J connectivity index is 1.48. The molecule has 0 saturated carbocycles. The fourth-order valence-corrected chi connectivity index (χ4v) is 4.21. The van der Waals surface area contributed by atoms with Crippen LogP contribution in [-0.4, -0.2) is 41.3 Å². The summed E-state index contributed by atoms with van der Waals surface area (Å²) < 4.78 is 0. The zero-order valence-electron chi connectivity index (χ0n) is 17.0. The molecule has 0 spiro atoms. The first-order chi connectivity index (χ1) is 14.7. The number of rotatable bonds is 9. The summed E-state index contributed by atoms with van der Waals surface area (Å²) >= 11 is 1.41. The van der Waals surface area contributed by atoms with Crippen LogP contribution < -0.4 is 10.2 Å². The molecule has 0 aliphatic carbocycles. The van der Waals surface area contributed by atoms with Crippen molar-refractivity contribution >= 4 is 34.0 Å². The molecular formula is C22H27N5O2S. The number of hydrogen-bond donors (Lipinski definition) is 1.